The fourth-order valence-corrected chi connectivity index (χ4v) is 1.43. The smallest absolute Gasteiger partial charge is 0.267 e. The maximum Gasteiger partial charge on any atom is 0.267 e. The van der Waals surface area contributed by atoms with Gasteiger partial charge >= 0.3 is 0 Å². The van der Waals surface area contributed by atoms with Crippen LogP contribution in [0.25, 0.3) is 0 Å². The lowest BCUT2D eigenvalue weighted by Gasteiger charge is -2.07. The normalized spacial score (nSPS) is 10.6. The number of nitrogens with zero attached hydrogens (tertiary/aromatic N) is 1. The molecule has 0 heterocycles. The third-order valence-corrected chi connectivity index (χ3v) is 2.67. The summed E-state index contributed by atoms with van der Waals surface area (Å²) in [5.74, 6) is -0.550. The van der Waals surface area contributed by atoms with Crippen molar-refractivity contribution in [3.8, 4) is 6.07 Å². The van der Waals surface area contributed by atoms with Crippen molar-refractivity contribution < 1.29 is 4.79 Å². The number of benzene rings is 1. The summed E-state index contributed by atoms with van der Waals surface area (Å²) in [6, 6.07) is 6.62. The van der Waals surface area contributed by atoms with Gasteiger partial charge in [-0.1, -0.05) is 29.3 Å². The third-order valence-electron chi connectivity index (χ3n) is 1.85. The highest BCUT2D eigenvalue weighted by atomic mass is 35.5. The van der Waals surface area contributed by atoms with E-state index in [-0.39, 0.29) is 10.6 Å². The van der Waals surface area contributed by atoms with Gasteiger partial charge in [0.1, 0.15) is 11.6 Å². The van der Waals surface area contributed by atoms with Crippen LogP contribution in [0.5, 0.6) is 0 Å². The first-order chi connectivity index (χ1) is 8.10. The average Bonchev–Trinajstić information content (AvgIpc) is 2.31. The van der Waals surface area contributed by atoms with Crippen molar-refractivity contribution in [2.45, 2.75) is 0 Å². The molecule has 0 spiro atoms. The first kappa shape index (κ1) is 13.4. The fourth-order valence-electron chi connectivity index (χ4n) is 1.08. The number of anilines is 1. The number of amides is 1. The van der Waals surface area contributed by atoms with Gasteiger partial charge in [-0.15, -0.1) is 0 Å². The highest BCUT2D eigenvalue weighted by Crippen LogP contribution is 2.29. The molecule has 0 unspecified atom stereocenters. The number of nitriles is 1. The molecule has 17 heavy (non-hydrogen) atoms. The molecule has 0 aliphatic carbocycles. The molecule has 0 aromatic heterocycles. The predicted molar refractivity (Wildman–Crippen MR) is 67.8 cm³/mol. The van der Waals surface area contributed by atoms with Crippen molar-refractivity contribution in [3.05, 3.63) is 40.0 Å². The first-order valence-corrected chi connectivity index (χ1v) is 5.38. The summed E-state index contributed by atoms with van der Waals surface area (Å²) >= 11 is 11.7. The Bertz CT molecular complexity index is 506. The molecule has 0 aliphatic rings. The number of halogens is 2. The number of nitrogens with one attached hydrogen (secondary N) is 2. The lowest BCUT2D eigenvalue weighted by atomic mass is 10.2. The number of carbonyl (C=O) groups excluding carboxylic acids is 1. The molecule has 88 valence electrons. The van der Waals surface area contributed by atoms with Gasteiger partial charge in [0.05, 0.1) is 15.7 Å². The second-order valence-electron chi connectivity index (χ2n) is 3.01. The van der Waals surface area contributed by atoms with Crippen LogP contribution in [0.2, 0.25) is 10.0 Å². The van der Waals surface area contributed by atoms with Gasteiger partial charge in [-0.05, 0) is 12.1 Å². The van der Waals surface area contributed by atoms with Gasteiger partial charge in [0.25, 0.3) is 5.91 Å². The molecule has 0 saturated heterocycles. The molecule has 4 nitrogen and oxygen atoms in total. The molecule has 0 atom stereocenters. The monoisotopic (exact) mass is 269 g/mol. The molecule has 1 amide bonds. The summed E-state index contributed by atoms with van der Waals surface area (Å²) in [5.41, 5.74) is 0.310. The Hall–Kier alpha value is -1.70. The van der Waals surface area contributed by atoms with Crippen molar-refractivity contribution in [1.29, 1.82) is 5.26 Å². The Morgan fingerprint density at radius 1 is 1.47 bits per heavy atom. The summed E-state index contributed by atoms with van der Waals surface area (Å²) in [6.45, 7) is 0. The molecule has 1 aromatic rings. The number of carbonyl (C=O) groups is 1. The van der Waals surface area contributed by atoms with Crippen molar-refractivity contribution >= 4 is 34.8 Å². The summed E-state index contributed by atoms with van der Waals surface area (Å²) in [5, 5.41) is 14.4. The van der Waals surface area contributed by atoms with Crippen LogP contribution in [-0.2, 0) is 4.79 Å². The third kappa shape index (κ3) is 3.38. The van der Waals surface area contributed by atoms with E-state index >= 15 is 0 Å². The lowest BCUT2D eigenvalue weighted by Crippen LogP contribution is -2.15. The molecular weight excluding hydrogens is 261 g/mol. The number of hydrogen-bond donors (Lipinski definition) is 2. The predicted octanol–water partition coefficient (Wildman–Crippen LogP) is 2.56. The maximum atomic E-state index is 11.7. The van der Waals surface area contributed by atoms with E-state index in [1.165, 1.54) is 6.20 Å². The van der Waals surface area contributed by atoms with Crippen LogP contribution in [-0.4, -0.2) is 13.0 Å². The van der Waals surface area contributed by atoms with Crippen LogP contribution in [0.4, 0.5) is 5.69 Å². The van der Waals surface area contributed by atoms with Crippen LogP contribution in [0.1, 0.15) is 0 Å². The second kappa shape index (κ2) is 6.14. The molecule has 0 radical (unpaired) electrons. The van der Waals surface area contributed by atoms with Gasteiger partial charge in [-0.25, -0.2) is 0 Å². The van der Waals surface area contributed by atoms with Crippen LogP contribution in [0.15, 0.2) is 30.0 Å². The Kier molecular flexibility index (Phi) is 4.83. The second-order valence-corrected chi connectivity index (χ2v) is 3.80. The summed E-state index contributed by atoms with van der Waals surface area (Å²) in [6.07, 6.45) is 1.30. The summed E-state index contributed by atoms with van der Waals surface area (Å²) in [4.78, 5) is 11.7. The van der Waals surface area contributed by atoms with Crippen LogP contribution in [0.3, 0.4) is 0 Å². The zero-order valence-corrected chi connectivity index (χ0v) is 10.4. The van der Waals surface area contributed by atoms with Gasteiger partial charge in [0.2, 0.25) is 0 Å². The van der Waals surface area contributed by atoms with E-state index in [9.17, 15) is 4.79 Å². The fraction of sp³-hybridized carbons (Fsp3) is 0.0909. The maximum absolute atomic E-state index is 11.7. The molecule has 1 rings (SSSR count). The Balaban J connectivity index is 2.93. The average molecular weight is 270 g/mol. The quantitative estimate of drug-likeness (QED) is 0.655. The van der Waals surface area contributed by atoms with Crippen LogP contribution >= 0.6 is 23.2 Å². The van der Waals surface area contributed by atoms with Gasteiger partial charge in [-0.3, -0.25) is 4.79 Å². The molecule has 0 bridgehead atoms. The molecular formula is C11H9Cl2N3O. The van der Waals surface area contributed by atoms with Gasteiger partial charge < -0.3 is 10.6 Å². The highest BCUT2D eigenvalue weighted by molar-refractivity contribution is 6.44. The topological polar surface area (TPSA) is 64.9 Å². The van der Waals surface area contributed by atoms with Crippen LogP contribution < -0.4 is 10.6 Å². The van der Waals surface area contributed by atoms with Crippen molar-refractivity contribution in [3.63, 3.8) is 0 Å². The van der Waals surface area contributed by atoms with Crippen LogP contribution in [0, 0.1) is 11.3 Å². The van der Waals surface area contributed by atoms with E-state index in [1.54, 1.807) is 31.3 Å². The standard InChI is InChI=1S/C11H9Cl2N3O/c1-15-6-7(5-14)11(17)16-9-4-2-3-8(12)10(9)13/h2-4,6,15H,1H3,(H,16,17)/b7-6-. The van der Waals surface area contributed by atoms with E-state index in [1.807, 2.05) is 0 Å². The summed E-state index contributed by atoms with van der Waals surface area (Å²) < 4.78 is 0. The van der Waals surface area contributed by atoms with Crippen molar-refractivity contribution in [2.24, 2.45) is 0 Å². The van der Waals surface area contributed by atoms with E-state index in [0.717, 1.165) is 0 Å². The van der Waals surface area contributed by atoms with E-state index in [4.69, 9.17) is 28.5 Å². The minimum absolute atomic E-state index is 0.0523. The van der Waals surface area contributed by atoms with Gasteiger partial charge in [0.15, 0.2) is 0 Å². The van der Waals surface area contributed by atoms with Crippen molar-refractivity contribution in [2.75, 3.05) is 12.4 Å². The molecule has 0 saturated carbocycles. The molecule has 6 heteroatoms. The lowest BCUT2D eigenvalue weighted by molar-refractivity contribution is -0.112. The largest absolute Gasteiger partial charge is 0.393 e. The van der Waals surface area contributed by atoms with E-state index < -0.39 is 5.91 Å². The first-order valence-electron chi connectivity index (χ1n) is 4.63. The minimum atomic E-state index is -0.550. The zero-order chi connectivity index (χ0) is 12.8. The highest BCUT2D eigenvalue weighted by Gasteiger charge is 2.11. The Morgan fingerprint density at radius 3 is 2.76 bits per heavy atom. The molecule has 1 aromatic carbocycles. The molecule has 0 aliphatic heterocycles. The number of hydrogen-bond acceptors (Lipinski definition) is 3. The van der Waals surface area contributed by atoms with E-state index in [0.29, 0.717) is 10.7 Å². The van der Waals surface area contributed by atoms with Gasteiger partial charge in [-0.2, -0.15) is 5.26 Å². The van der Waals surface area contributed by atoms with Crippen molar-refractivity contribution in [1.82, 2.24) is 5.32 Å². The van der Waals surface area contributed by atoms with E-state index in [2.05, 4.69) is 10.6 Å². The Morgan fingerprint density at radius 2 is 2.18 bits per heavy atom. The number of rotatable bonds is 3. The Labute approximate surface area is 109 Å². The SMILES string of the molecule is CN/C=C(/C#N)C(=O)Nc1cccc(Cl)c1Cl. The molecule has 0 fully saturated rings. The zero-order valence-electron chi connectivity index (χ0n) is 8.92. The molecule has 2 N–H and O–H groups in total. The van der Waals surface area contributed by atoms with Gasteiger partial charge in [0, 0.05) is 13.2 Å². The minimum Gasteiger partial charge on any atom is -0.393 e. The summed E-state index contributed by atoms with van der Waals surface area (Å²) in [7, 11) is 1.59.